The molecule has 0 aromatic carbocycles. The fraction of sp³-hybridized carbons (Fsp3) is 0.909. The molecule has 0 radical (unpaired) electrons. The zero-order valence-electron chi connectivity index (χ0n) is 9.88. The molecule has 0 saturated carbocycles. The Morgan fingerprint density at radius 1 is 1.13 bits per heavy atom. The van der Waals surface area contributed by atoms with E-state index in [1.54, 1.807) is 0 Å². The van der Waals surface area contributed by atoms with Crippen LogP contribution in [-0.4, -0.2) is 19.8 Å². The molecule has 0 spiro atoms. The Bertz CT molecular complexity index is 151. The number of carbonyl (C=O) groups excluding carboxylic acids is 1. The first kappa shape index (κ1) is 14.4. The van der Waals surface area contributed by atoms with Crippen LogP contribution in [0.1, 0.15) is 51.9 Å². The van der Waals surface area contributed by atoms with Gasteiger partial charge in [0, 0.05) is 6.42 Å². The monoisotopic (exact) mass is 217 g/mol. The number of nitrogens with one attached hydrogen (secondary N) is 1. The maximum atomic E-state index is 11.1. The van der Waals surface area contributed by atoms with Crippen molar-refractivity contribution in [2.75, 3.05) is 13.8 Å². The van der Waals surface area contributed by atoms with Crippen LogP contribution in [-0.2, 0) is 14.4 Å². The number of hydrogen-bond donors (Lipinski definition) is 1. The molecule has 1 N–H and O–H groups in total. The molecule has 90 valence electrons. The van der Waals surface area contributed by atoms with Gasteiger partial charge in [-0.15, -0.1) is 0 Å². The average Bonchev–Trinajstić information content (AvgIpc) is 2.23. The lowest BCUT2D eigenvalue weighted by molar-refractivity contribution is -0.148. The summed E-state index contributed by atoms with van der Waals surface area (Å²) in [6, 6.07) is 0. The van der Waals surface area contributed by atoms with Gasteiger partial charge in [0.15, 0.2) is 6.73 Å². The Labute approximate surface area is 92.3 Å². The fourth-order valence-corrected chi connectivity index (χ4v) is 1.29. The molecule has 0 aromatic rings. The van der Waals surface area contributed by atoms with Crippen molar-refractivity contribution in [1.82, 2.24) is 5.48 Å². The molecule has 0 unspecified atom stereocenters. The predicted molar refractivity (Wildman–Crippen MR) is 59.1 cm³/mol. The molecule has 0 aliphatic rings. The van der Waals surface area contributed by atoms with Crippen LogP contribution in [0.4, 0.5) is 0 Å². The molecule has 0 saturated heterocycles. The highest BCUT2D eigenvalue weighted by molar-refractivity contribution is 5.69. The second kappa shape index (κ2) is 11.5. The zero-order valence-corrected chi connectivity index (χ0v) is 9.88. The van der Waals surface area contributed by atoms with Gasteiger partial charge in [0.25, 0.3) is 0 Å². The van der Waals surface area contributed by atoms with E-state index in [9.17, 15) is 4.79 Å². The molecular formula is C11H23NO3. The molecule has 15 heavy (non-hydrogen) atoms. The number of hydrogen-bond acceptors (Lipinski definition) is 4. The molecular weight excluding hydrogens is 194 g/mol. The summed E-state index contributed by atoms with van der Waals surface area (Å²) in [6.07, 6.45) is 7.60. The van der Waals surface area contributed by atoms with Crippen molar-refractivity contribution < 1.29 is 14.4 Å². The summed E-state index contributed by atoms with van der Waals surface area (Å²) in [5.74, 6) is -0.157. The van der Waals surface area contributed by atoms with Gasteiger partial charge in [0.1, 0.15) is 0 Å². The minimum atomic E-state index is -0.157. The number of esters is 1. The van der Waals surface area contributed by atoms with Crippen LogP contribution in [0.25, 0.3) is 0 Å². The topological polar surface area (TPSA) is 47.6 Å². The summed E-state index contributed by atoms with van der Waals surface area (Å²) in [5.41, 5.74) is 2.45. The average molecular weight is 217 g/mol. The van der Waals surface area contributed by atoms with Gasteiger partial charge in [-0.2, -0.15) is 5.48 Å². The van der Waals surface area contributed by atoms with Crippen LogP contribution in [0.5, 0.6) is 0 Å². The van der Waals surface area contributed by atoms with Crippen LogP contribution < -0.4 is 5.48 Å². The third-order valence-corrected chi connectivity index (χ3v) is 2.17. The summed E-state index contributed by atoms with van der Waals surface area (Å²) in [4.78, 5) is 15.6. The standard InChI is InChI=1S/C11H23NO3/c1-3-4-5-6-7-8-9-11(13)15-10-12-14-2/h12H,3-10H2,1-2H3. The van der Waals surface area contributed by atoms with E-state index in [4.69, 9.17) is 4.74 Å². The third kappa shape index (κ3) is 11.3. The van der Waals surface area contributed by atoms with E-state index < -0.39 is 0 Å². The Morgan fingerprint density at radius 2 is 1.80 bits per heavy atom. The van der Waals surface area contributed by atoms with Crippen molar-refractivity contribution in [3.63, 3.8) is 0 Å². The predicted octanol–water partition coefficient (Wildman–Crippen LogP) is 2.39. The highest BCUT2D eigenvalue weighted by Crippen LogP contribution is 2.07. The molecule has 0 fully saturated rings. The summed E-state index contributed by atoms with van der Waals surface area (Å²) >= 11 is 0. The molecule has 0 bridgehead atoms. The Kier molecular flexibility index (Phi) is 11.0. The maximum absolute atomic E-state index is 11.1. The first-order valence-electron chi connectivity index (χ1n) is 5.72. The van der Waals surface area contributed by atoms with Gasteiger partial charge in [0.2, 0.25) is 0 Å². The van der Waals surface area contributed by atoms with E-state index in [1.807, 2.05) is 0 Å². The van der Waals surface area contributed by atoms with E-state index in [1.165, 1.54) is 32.8 Å². The Balaban J connectivity index is 3.10. The van der Waals surface area contributed by atoms with Crippen molar-refractivity contribution >= 4 is 5.97 Å². The summed E-state index contributed by atoms with van der Waals surface area (Å²) in [5, 5.41) is 0. The first-order chi connectivity index (χ1) is 7.31. The van der Waals surface area contributed by atoms with Crippen LogP contribution in [0, 0.1) is 0 Å². The van der Waals surface area contributed by atoms with Crippen molar-refractivity contribution in [3.05, 3.63) is 0 Å². The highest BCUT2D eigenvalue weighted by atomic mass is 16.7. The minimum Gasteiger partial charge on any atom is -0.448 e. The largest absolute Gasteiger partial charge is 0.448 e. The van der Waals surface area contributed by atoms with Crippen LogP contribution in [0.15, 0.2) is 0 Å². The fourth-order valence-electron chi connectivity index (χ4n) is 1.29. The molecule has 0 rings (SSSR count). The van der Waals surface area contributed by atoms with E-state index in [0.717, 1.165) is 12.8 Å². The number of ether oxygens (including phenoxy) is 1. The molecule has 0 aromatic heterocycles. The summed E-state index contributed by atoms with van der Waals surface area (Å²) in [7, 11) is 1.49. The van der Waals surface area contributed by atoms with Gasteiger partial charge in [-0.1, -0.05) is 39.0 Å². The van der Waals surface area contributed by atoms with Gasteiger partial charge in [0.05, 0.1) is 7.11 Å². The summed E-state index contributed by atoms with van der Waals surface area (Å²) in [6.45, 7) is 2.32. The van der Waals surface area contributed by atoms with E-state index in [-0.39, 0.29) is 12.7 Å². The van der Waals surface area contributed by atoms with E-state index in [0.29, 0.717) is 6.42 Å². The lowest BCUT2D eigenvalue weighted by atomic mass is 10.1. The molecule has 4 heteroatoms. The molecule has 0 aliphatic carbocycles. The zero-order chi connectivity index (χ0) is 11.4. The van der Waals surface area contributed by atoms with Gasteiger partial charge >= 0.3 is 5.97 Å². The van der Waals surface area contributed by atoms with E-state index in [2.05, 4.69) is 17.2 Å². The molecule has 4 nitrogen and oxygen atoms in total. The molecule has 0 heterocycles. The molecule has 0 atom stereocenters. The number of carbonyl (C=O) groups is 1. The van der Waals surface area contributed by atoms with Crippen LogP contribution >= 0.6 is 0 Å². The van der Waals surface area contributed by atoms with Crippen LogP contribution in [0.3, 0.4) is 0 Å². The van der Waals surface area contributed by atoms with Gasteiger partial charge < -0.3 is 9.57 Å². The maximum Gasteiger partial charge on any atom is 0.307 e. The number of unbranched alkanes of at least 4 members (excludes halogenated alkanes) is 5. The SMILES string of the molecule is CCCCCCCCC(=O)OCNOC. The summed E-state index contributed by atoms with van der Waals surface area (Å²) < 4.78 is 4.84. The molecule has 0 aliphatic heterocycles. The van der Waals surface area contributed by atoms with Crippen molar-refractivity contribution in [3.8, 4) is 0 Å². The Morgan fingerprint density at radius 3 is 2.47 bits per heavy atom. The lowest BCUT2D eigenvalue weighted by Gasteiger charge is -2.04. The van der Waals surface area contributed by atoms with Gasteiger partial charge in [-0.25, -0.2) is 0 Å². The van der Waals surface area contributed by atoms with Crippen molar-refractivity contribution in [2.45, 2.75) is 51.9 Å². The quantitative estimate of drug-likeness (QED) is 0.264. The van der Waals surface area contributed by atoms with Gasteiger partial charge in [-0.05, 0) is 6.42 Å². The second-order valence-electron chi connectivity index (χ2n) is 3.53. The molecule has 0 amide bonds. The second-order valence-corrected chi connectivity index (χ2v) is 3.53. The highest BCUT2D eigenvalue weighted by Gasteiger charge is 2.01. The van der Waals surface area contributed by atoms with Crippen LogP contribution in [0.2, 0.25) is 0 Å². The van der Waals surface area contributed by atoms with Crippen molar-refractivity contribution in [2.24, 2.45) is 0 Å². The lowest BCUT2D eigenvalue weighted by Crippen LogP contribution is -2.19. The van der Waals surface area contributed by atoms with Crippen molar-refractivity contribution in [1.29, 1.82) is 0 Å². The minimum absolute atomic E-state index is 0.130. The first-order valence-corrected chi connectivity index (χ1v) is 5.72. The van der Waals surface area contributed by atoms with Gasteiger partial charge in [-0.3, -0.25) is 4.79 Å². The van der Waals surface area contributed by atoms with E-state index >= 15 is 0 Å². The third-order valence-electron chi connectivity index (χ3n) is 2.17. The number of hydroxylamine groups is 1. The smallest absolute Gasteiger partial charge is 0.307 e. The normalized spacial score (nSPS) is 10.3. The Hall–Kier alpha value is -0.610. The number of rotatable bonds is 10.